The largest absolute Gasteiger partial charge is 0.493 e. The van der Waals surface area contributed by atoms with E-state index in [1.807, 2.05) is 38.1 Å². The van der Waals surface area contributed by atoms with Gasteiger partial charge in [-0.15, -0.1) is 0 Å². The van der Waals surface area contributed by atoms with Crippen LogP contribution in [0.2, 0.25) is 0 Å². The minimum Gasteiger partial charge on any atom is -0.493 e. The molecular weight excluding hydrogens is 500 g/mol. The van der Waals surface area contributed by atoms with Crippen LogP contribution in [0.1, 0.15) is 31.0 Å². The number of aryl methyl sites for hydroxylation is 1. The van der Waals surface area contributed by atoms with E-state index in [1.165, 1.54) is 0 Å². The molecule has 3 aromatic rings. The number of aromatic nitrogens is 4. The number of nitrogens with one attached hydrogen (secondary N) is 2. The van der Waals surface area contributed by atoms with Gasteiger partial charge in [0.2, 0.25) is 11.9 Å². The topological polar surface area (TPSA) is 127 Å². The summed E-state index contributed by atoms with van der Waals surface area (Å²) in [6.07, 6.45) is 6.14. The second-order valence-electron chi connectivity index (χ2n) is 9.33. The quantitative estimate of drug-likeness (QED) is 0.404. The van der Waals surface area contributed by atoms with Gasteiger partial charge in [-0.05, 0) is 31.0 Å². The van der Waals surface area contributed by atoms with Crippen molar-refractivity contribution in [2.24, 2.45) is 0 Å². The zero-order valence-corrected chi connectivity index (χ0v) is 22.9. The normalized spacial score (nSPS) is 15.1. The van der Waals surface area contributed by atoms with Crippen LogP contribution >= 0.6 is 0 Å². The lowest BCUT2D eigenvalue weighted by molar-refractivity contribution is -0.121. The molecule has 3 heterocycles. The van der Waals surface area contributed by atoms with Gasteiger partial charge in [0.1, 0.15) is 12.1 Å². The van der Waals surface area contributed by atoms with Crippen molar-refractivity contribution < 1.29 is 19.1 Å². The Balaban J connectivity index is 1.51. The van der Waals surface area contributed by atoms with Crippen LogP contribution in [-0.4, -0.2) is 82.8 Å². The first-order valence-corrected chi connectivity index (χ1v) is 13.0. The SMILES string of the molecule is CCCNC(=O)N1CCN(c2cc(C)nc(-n3ccnc3)n2)C(CC(=O)NCc2ccc(OC)c(OC)c2)C1. The van der Waals surface area contributed by atoms with Crippen LogP contribution in [0.4, 0.5) is 10.6 Å². The van der Waals surface area contributed by atoms with Gasteiger partial charge < -0.3 is 29.9 Å². The molecule has 1 unspecified atom stereocenters. The van der Waals surface area contributed by atoms with E-state index in [-0.39, 0.29) is 24.4 Å². The molecule has 1 aliphatic rings. The van der Waals surface area contributed by atoms with Gasteiger partial charge >= 0.3 is 6.03 Å². The molecule has 208 valence electrons. The third-order valence-electron chi connectivity index (χ3n) is 6.51. The molecule has 0 bridgehead atoms. The zero-order valence-electron chi connectivity index (χ0n) is 22.9. The lowest BCUT2D eigenvalue weighted by Crippen LogP contribution is -2.58. The van der Waals surface area contributed by atoms with Crippen LogP contribution in [-0.2, 0) is 11.3 Å². The van der Waals surface area contributed by atoms with Crippen LogP contribution in [0.3, 0.4) is 0 Å². The fraction of sp³-hybridized carbons (Fsp3) is 0.444. The highest BCUT2D eigenvalue weighted by molar-refractivity contribution is 5.78. The van der Waals surface area contributed by atoms with Gasteiger partial charge in [-0.2, -0.15) is 4.98 Å². The molecule has 1 fully saturated rings. The molecule has 0 aliphatic carbocycles. The summed E-state index contributed by atoms with van der Waals surface area (Å²) in [7, 11) is 3.16. The highest BCUT2D eigenvalue weighted by Gasteiger charge is 2.32. The Morgan fingerprint density at radius 1 is 1.08 bits per heavy atom. The highest BCUT2D eigenvalue weighted by atomic mass is 16.5. The predicted molar refractivity (Wildman–Crippen MR) is 146 cm³/mol. The third-order valence-corrected chi connectivity index (χ3v) is 6.51. The van der Waals surface area contributed by atoms with Gasteiger partial charge in [-0.1, -0.05) is 13.0 Å². The second kappa shape index (κ2) is 12.9. The average Bonchev–Trinajstić information content (AvgIpc) is 3.49. The van der Waals surface area contributed by atoms with E-state index in [4.69, 9.17) is 14.5 Å². The van der Waals surface area contributed by atoms with Crippen molar-refractivity contribution in [3.8, 4) is 17.4 Å². The van der Waals surface area contributed by atoms with Gasteiger partial charge in [0.05, 0.1) is 20.3 Å². The van der Waals surface area contributed by atoms with Crippen molar-refractivity contribution in [2.45, 2.75) is 39.3 Å². The van der Waals surface area contributed by atoms with Crippen molar-refractivity contribution in [2.75, 3.05) is 45.3 Å². The molecule has 2 N–H and O–H groups in total. The molecule has 1 aromatic carbocycles. The maximum Gasteiger partial charge on any atom is 0.317 e. The van der Waals surface area contributed by atoms with E-state index >= 15 is 0 Å². The van der Waals surface area contributed by atoms with Crippen LogP contribution < -0.4 is 25.0 Å². The van der Waals surface area contributed by atoms with Crippen LogP contribution in [0.15, 0.2) is 43.0 Å². The Morgan fingerprint density at radius 3 is 2.62 bits per heavy atom. The molecule has 12 nitrogen and oxygen atoms in total. The Labute approximate surface area is 228 Å². The molecule has 1 aliphatic heterocycles. The number of ether oxygens (including phenoxy) is 2. The molecule has 12 heteroatoms. The summed E-state index contributed by atoms with van der Waals surface area (Å²) in [6, 6.07) is 7.04. The van der Waals surface area contributed by atoms with Crippen LogP contribution in [0.25, 0.3) is 5.95 Å². The number of imidazole rings is 1. The first-order chi connectivity index (χ1) is 18.9. The molecule has 0 spiro atoms. The van der Waals surface area contributed by atoms with Crippen LogP contribution in [0.5, 0.6) is 11.5 Å². The molecule has 1 atom stereocenters. The molecule has 3 amide bonds. The fourth-order valence-electron chi connectivity index (χ4n) is 4.51. The van der Waals surface area contributed by atoms with Crippen molar-refractivity contribution in [1.29, 1.82) is 0 Å². The molecule has 0 radical (unpaired) electrons. The first kappa shape index (κ1) is 27.7. The number of carbonyl (C=O) groups is 2. The molecular formula is C27H36N8O4. The Bertz CT molecular complexity index is 1270. The monoisotopic (exact) mass is 536 g/mol. The fourth-order valence-corrected chi connectivity index (χ4v) is 4.51. The lowest BCUT2D eigenvalue weighted by Gasteiger charge is -2.42. The number of anilines is 1. The summed E-state index contributed by atoms with van der Waals surface area (Å²) in [6.45, 7) is 6.31. The first-order valence-electron chi connectivity index (χ1n) is 13.0. The number of hydrogen-bond acceptors (Lipinski definition) is 8. The van der Waals surface area contributed by atoms with Gasteiger partial charge in [-0.25, -0.2) is 14.8 Å². The zero-order chi connectivity index (χ0) is 27.8. The highest BCUT2D eigenvalue weighted by Crippen LogP contribution is 2.27. The summed E-state index contributed by atoms with van der Waals surface area (Å²) in [4.78, 5) is 43.2. The Hall–Kier alpha value is -4.35. The minimum atomic E-state index is -0.276. The minimum absolute atomic E-state index is 0.120. The van der Waals surface area contributed by atoms with E-state index in [0.29, 0.717) is 56.0 Å². The Kier molecular flexibility index (Phi) is 9.18. The molecule has 4 rings (SSSR count). The number of rotatable bonds is 10. The maximum absolute atomic E-state index is 13.2. The van der Waals surface area contributed by atoms with E-state index in [1.54, 1.807) is 42.4 Å². The number of methoxy groups -OCH3 is 2. The van der Waals surface area contributed by atoms with Crippen molar-refractivity contribution in [3.05, 3.63) is 54.2 Å². The van der Waals surface area contributed by atoms with Crippen molar-refractivity contribution in [1.82, 2.24) is 35.1 Å². The summed E-state index contributed by atoms with van der Waals surface area (Å²) >= 11 is 0. The number of urea groups is 1. The number of benzene rings is 1. The standard InChI is InChI=1S/C27H36N8O4/c1-5-8-29-27(37)33-11-12-35(24-13-19(2)31-26(32-24)34-10-9-28-18-34)21(17-33)15-25(36)30-16-20-6-7-22(38-3)23(14-20)39-4/h6-7,9-10,13-14,18,21H,5,8,11-12,15-17H2,1-4H3,(H,29,37)(H,30,36). The number of piperazine rings is 1. The summed E-state index contributed by atoms with van der Waals surface area (Å²) in [5, 5.41) is 5.95. The lowest BCUT2D eigenvalue weighted by atomic mass is 10.1. The molecule has 2 aromatic heterocycles. The number of carbonyl (C=O) groups excluding carboxylic acids is 2. The van der Waals surface area contributed by atoms with Gasteiger partial charge in [0, 0.05) is 63.3 Å². The maximum atomic E-state index is 13.2. The van der Waals surface area contributed by atoms with Crippen molar-refractivity contribution >= 4 is 17.8 Å². The number of hydrogen-bond donors (Lipinski definition) is 2. The van der Waals surface area contributed by atoms with Gasteiger partial charge in [0.25, 0.3) is 0 Å². The average molecular weight is 537 g/mol. The van der Waals surface area contributed by atoms with Crippen molar-refractivity contribution in [3.63, 3.8) is 0 Å². The number of nitrogens with zero attached hydrogens (tertiary/aromatic N) is 6. The molecule has 0 saturated carbocycles. The van der Waals surface area contributed by atoms with Crippen LogP contribution in [0, 0.1) is 6.92 Å². The predicted octanol–water partition coefficient (Wildman–Crippen LogP) is 2.30. The van der Waals surface area contributed by atoms with E-state index in [9.17, 15) is 9.59 Å². The van der Waals surface area contributed by atoms with E-state index < -0.39 is 0 Å². The van der Waals surface area contributed by atoms with Gasteiger partial charge in [-0.3, -0.25) is 9.36 Å². The smallest absolute Gasteiger partial charge is 0.317 e. The molecule has 1 saturated heterocycles. The number of amides is 3. The summed E-state index contributed by atoms with van der Waals surface area (Å²) in [5.74, 6) is 2.31. The van der Waals surface area contributed by atoms with E-state index in [0.717, 1.165) is 17.7 Å². The third kappa shape index (κ3) is 6.95. The summed E-state index contributed by atoms with van der Waals surface area (Å²) < 4.78 is 12.4. The summed E-state index contributed by atoms with van der Waals surface area (Å²) in [5.41, 5.74) is 1.68. The van der Waals surface area contributed by atoms with E-state index in [2.05, 4.69) is 25.5 Å². The second-order valence-corrected chi connectivity index (χ2v) is 9.33. The van der Waals surface area contributed by atoms with Gasteiger partial charge in [0.15, 0.2) is 11.5 Å². The Morgan fingerprint density at radius 2 is 1.90 bits per heavy atom. The molecule has 39 heavy (non-hydrogen) atoms.